The van der Waals surface area contributed by atoms with Gasteiger partial charge in [-0.2, -0.15) is 0 Å². The molecule has 1 aromatic carbocycles. The van der Waals surface area contributed by atoms with Crippen LogP contribution in [0.3, 0.4) is 0 Å². The fourth-order valence-electron chi connectivity index (χ4n) is 1.71. The van der Waals surface area contributed by atoms with Gasteiger partial charge in [0.15, 0.2) is 0 Å². The van der Waals surface area contributed by atoms with Gasteiger partial charge in [-0.05, 0) is 17.2 Å². The lowest BCUT2D eigenvalue weighted by Gasteiger charge is -2.10. The maximum atomic E-state index is 11.4. The van der Waals surface area contributed by atoms with Crippen LogP contribution in [0.1, 0.15) is 11.1 Å². The molecule has 2 rings (SSSR count). The monoisotopic (exact) mass is 206 g/mol. The van der Waals surface area contributed by atoms with Gasteiger partial charge in [-0.1, -0.05) is 12.1 Å². The number of fused-ring (bicyclic) bond motifs is 1. The summed E-state index contributed by atoms with van der Waals surface area (Å²) < 4.78 is 0. The van der Waals surface area contributed by atoms with Crippen LogP contribution in [0.2, 0.25) is 0 Å². The van der Waals surface area contributed by atoms with Crippen molar-refractivity contribution in [1.29, 1.82) is 0 Å². The molecule has 2 amide bonds. The van der Waals surface area contributed by atoms with Gasteiger partial charge in [-0.15, -0.1) is 0 Å². The largest absolute Gasteiger partial charge is 0.464 e. The Hall–Kier alpha value is -1.88. The first-order chi connectivity index (χ1) is 7.13. The van der Waals surface area contributed by atoms with Gasteiger partial charge in [-0.25, -0.2) is 9.69 Å². The number of nitrogens with zero attached hydrogens (tertiary/aromatic N) is 1. The zero-order chi connectivity index (χ0) is 11.0. The number of carboxylic acid groups (broad SMARTS) is 1. The maximum absolute atomic E-state index is 11.4. The number of carbonyl (C=O) groups is 2. The number of rotatable bonds is 1. The molecule has 0 aromatic heterocycles. The standard InChI is InChI=1S/C10H10N2O3/c11-5-6-1-2-8-7(3-6)4-9(13)12(8)10(14)15/h1-3H,4-5,11H2,(H,14,15). The Morgan fingerprint density at radius 3 is 2.87 bits per heavy atom. The molecule has 0 aliphatic carbocycles. The lowest BCUT2D eigenvalue weighted by molar-refractivity contribution is -0.116. The predicted octanol–water partition coefficient (Wildman–Crippen LogP) is 0.712. The van der Waals surface area contributed by atoms with Gasteiger partial charge in [0, 0.05) is 6.54 Å². The van der Waals surface area contributed by atoms with E-state index in [0.29, 0.717) is 12.2 Å². The molecular formula is C10H10N2O3. The minimum absolute atomic E-state index is 0.134. The van der Waals surface area contributed by atoms with Crippen molar-refractivity contribution in [3.8, 4) is 0 Å². The van der Waals surface area contributed by atoms with E-state index in [0.717, 1.165) is 16.0 Å². The van der Waals surface area contributed by atoms with Crippen molar-refractivity contribution in [3.63, 3.8) is 0 Å². The highest BCUT2D eigenvalue weighted by molar-refractivity contribution is 6.16. The number of amides is 2. The van der Waals surface area contributed by atoms with Crippen molar-refractivity contribution < 1.29 is 14.7 Å². The Morgan fingerprint density at radius 1 is 1.53 bits per heavy atom. The highest BCUT2D eigenvalue weighted by Gasteiger charge is 2.32. The normalized spacial score (nSPS) is 14.2. The molecule has 3 N–H and O–H groups in total. The van der Waals surface area contributed by atoms with Crippen molar-refractivity contribution in [2.75, 3.05) is 4.90 Å². The Kier molecular flexibility index (Phi) is 2.17. The first-order valence-corrected chi connectivity index (χ1v) is 4.51. The molecule has 0 saturated carbocycles. The van der Waals surface area contributed by atoms with E-state index < -0.39 is 12.0 Å². The molecule has 5 nitrogen and oxygen atoms in total. The summed E-state index contributed by atoms with van der Waals surface area (Å²) in [6.45, 7) is 0.383. The summed E-state index contributed by atoms with van der Waals surface area (Å²) in [7, 11) is 0. The van der Waals surface area contributed by atoms with Gasteiger partial charge < -0.3 is 10.8 Å². The summed E-state index contributed by atoms with van der Waals surface area (Å²) in [6, 6.07) is 5.13. The lowest BCUT2D eigenvalue weighted by Crippen LogP contribution is -2.31. The molecule has 0 unspecified atom stereocenters. The van der Waals surface area contributed by atoms with Gasteiger partial charge in [0.1, 0.15) is 0 Å². The summed E-state index contributed by atoms with van der Waals surface area (Å²) in [6.07, 6.45) is -1.10. The number of hydrogen-bond acceptors (Lipinski definition) is 3. The molecule has 0 atom stereocenters. The highest BCUT2D eigenvalue weighted by atomic mass is 16.4. The number of anilines is 1. The molecule has 0 saturated heterocycles. The third kappa shape index (κ3) is 1.46. The van der Waals surface area contributed by atoms with E-state index in [1.54, 1.807) is 18.2 Å². The van der Waals surface area contributed by atoms with Crippen LogP contribution >= 0.6 is 0 Å². The van der Waals surface area contributed by atoms with E-state index in [1.165, 1.54) is 0 Å². The van der Waals surface area contributed by atoms with Crippen molar-refractivity contribution in [1.82, 2.24) is 0 Å². The molecule has 1 aliphatic rings. The quantitative estimate of drug-likeness (QED) is 0.708. The van der Waals surface area contributed by atoms with Crippen molar-refractivity contribution in [2.45, 2.75) is 13.0 Å². The smallest absolute Gasteiger partial charge is 0.418 e. The van der Waals surface area contributed by atoms with Crippen molar-refractivity contribution in [2.24, 2.45) is 5.73 Å². The molecule has 15 heavy (non-hydrogen) atoms. The Morgan fingerprint density at radius 2 is 2.27 bits per heavy atom. The average molecular weight is 206 g/mol. The fourth-order valence-corrected chi connectivity index (χ4v) is 1.71. The van der Waals surface area contributed by atoms with E-state index in [4.69, 9.17) is 10.8 Å². The van der Waals surface area contributed by atoms with Gasteiger partial charge in [0.2, 0.25) is 5.91 Å². The molecule has 1 heterocycles. The summed E-state index contributed by atoms with van der Waals surface area (Å²) in [5, 5.41) is 8.84. The molecule has 5 heteroatoms. The molecule has 0 radical (unpaired) electrons. The van der Waals surface area contributed by atoms with Gasteiger partial charge >= 0.3 is 6.09 Å². The Balaban J connectivity index is 2.47. The number of carbonyl (C=O) groups excluding carboxylic acids is 1. The van der Waals surface area contributed by atoms with E-state index in [2.05, 4.69) is 0 Å². The second-order valence-corrected chi connectivity index (χ2v) is 3.36. The van der Waals surface area contributed by atoms with Crippen LogP contribution in [0.25, 0.3) is 0 Å². The maximum Gasteiger partial charge on any atom is 0.418 e. The fraction of sp³-hybridized carbons (Fsp3) is 0.200. The van der Waals surface area contributed by atoms with Crippen LogP contribution < -0.4 is 10.6 Å². The molecule has 0 bridgehead atoms. The first kappa shape index (κ1) is 9.67. The SMILES string of the molecule is NCc1ccc2c(c1)CC(=O)N2C(=O)O. The number of hydrogen-bond donors (Lipinski definition) is 2. The minimum Gasteiger partial charge on any atom is -0.464 e. The summed E-state index contributed by atoms with van der Waals surface area (Å²) in [5.41, 5.74) is 7.53. The second-order valence-electron chi connectivity index (χ2n) is 3.36. The Labute approximate surface area is 86.1 Å². The van der Waals surface area contributed by atoms with Crippen LogP contribution in [-0.4, -0.2) is 17.1 Å². The van der Waals surface area contributed by atoms with Gasteiger partial charge in [-0.3, -0.25) is 4.79 Å². The van der Waals surface area contributed by atoms with E-state index in [-0.39, 0.29) is 6.42 Å². The van der Waals surface area contributed by atoms with E-state index in [1.807, 2.05) is 0 Å². The summed E-state index contributed by atoms with van der Waals surface area (Å²) in [4.78, 5) is 23.0. The van der Waals surface area contributed by atoms with E-state index in [9.17, 15) is 9.59 Å². The minimum atomic E-state index is -1.24. The van der Waals surface area contributed by atoms with Crippen LogP contribution in [0.4, 0.5) is 10.5 Å². The zero-order valence-electron chi connectivity index (χ0n) is 7.93. The Bertz CT molecular complexity index is 442. The molecule has 0 fully saturated rings. The second kappa shape index (κ2) is 3.36. The molecule has 78 valence electrons. The van der Waals surface area contributed by atoms with Crippen LogP contribution in [0.5, 0.6) is 0 Å². The number of nitrogens with two attached hydrogens (primary N) is 1. The lowest BCUT2D eigenvalue weighted by atomic mass is 10.1. The number of benzene rings is 1. The highest BCUT2D eigenvalue weighted by Crippen LogP contribution is 2.29. The topological polar surface area (TPSA) is 83.6 Å². The predicted molar refractivity (Wildman–Crippen MR) is 53.5 cm³/mol. The molecule has 0 spiro atoms. The first-order valence-electron chi connectivity index (χ1n) is 4.51. The van der Waals surface area contributed by atoms with E-state index >= 15 is 0 Å². The summed E-state index contributed by atoms with van der Waals surface area (Å²) >= 11 is 0. The third-order valence-electron chi connectivity index (χ3n) is 2.40. The molecule has 1 aliphatic heterocycles. The van der Waals surface area contributed by atoms with Gasteiger partial charge in [0.05, 0.1) is 12.1 Å². The van der Waals surface area contributed by atoms with Crippen molar-refractivity contribution >= 4 is 17.7 Å². The van der Waals surface area contributed by atoms with Crippen molar-refractivity contribution in [3.05, 3.63) is 29.3 Å². The van der Waals surface area contributed by atoms with Crippen LogP contribution in [0.15, 0.2) is 18.2 Å². The summed E-state index contributed by atoms with van der Waals surface area (Å²) in [5.74, 6) is -0.410. The van der Waals surface area contributed by atoms with Gasteiger partial charge in [0.25, 0.3) is 0 Å². The zero-order valence-corrected chi connectivity index (χ0v) is 7.93. The average Bonchev–Trinajstić information content (AvgIpc) is 2.52. The third-order valence-corrected chi connectivity index (χ3v) is 2.40. The van der Waals surface area contributed by atoms with Crippen LogP contribution in [-0.2, 0) is 17.8 Å². The van der Waals surface area contributed by atoms with Crippen LogP contribution in [0, 0.1) is 0 Å². The molecule has 1 aromatic rings. The number of imide groups is 1. The molecular weight excluding hydrogens is 196 g/mol.